The fraction of sp³-hybridized carbons (Fsp3) is 0.400. The average Bonchev–Trinajstić information content (AvgIpc) is 3.33. The van der Waals surface area contributed by atoms with E-state index in [0.29, 0.717) is 25.9 Å². The molecule has 0 atom stereocenters. The Labute approximate surface area is 158 Å². The Morgan fingerprint density at radius 1 is 1.00 bits per heavy atom. The molecule has 3 rings (SSSR count). The van der Waals surface area contributed by atoms with Crippen LogP contribution in [0.15, 0.2) is 47.8 Å². The standard InChI is InChI=1S/C20H25N3O2S/c24-18(21-13-10-17-9-6-14-26-17)20(11-4-5-12-20)23-19(25)22-15-16-7-2-1-3-8-16/h1-3,6-9,14H,4-5,10-13,15H2,(H,21,24)(H2,22,23,25). The highest BCUT2D eigenvalue weighted by Gasteiger charge is 2.42. The first kappa shape index (κ1) is 18.5. The van der Waals surface area contributed by atoms with Crippen LogP contribution in [0.2, 0.25) is 0 Å². The van der Waals surface area contributed by atoms with Gasteiger partial charge in [-0.25, -0.2) is 4.79 Å². The first-order valence-corrected chi connectivity index (χ1v) is 9.97. The Kier molecular flexibility index (Phi) is 6.28. The number of carbonyl (C=O) groups excluding carboxylic acids is 2. The Hall–Kier alpha value is -2.34. The molecule has 1 aromatic carbocycles. The largest absolute Gasteiger partial charge is 0.354 e. The van der Waals surface area contributed by atoms with Crippen molar-refractivity contribution in [3.63, 3.8) is 0 Å². The van der Waals surface area contributed by atoms with E-state index in [4.69, 9.17) is 0 Å². The van der Waals surface area contributed by atoms with Crippen molar-refractivity contribution >= 4 is 23.3 Å². The van der Waals surface area contributed by atoms with Gasteiger partial charge < -0.3 is 16.0 Å². The van der Waals surface area contributed by atoms with E-state index in [0.717, 1.165) is 24.8 Å². The zero-order valence-electron chi connectivity index (χ0n) is 14.8. The molecule has 1 saturated carbocycles. The number of rotatable bonds is 7. The summed E-state index contributed by atoms with van der Waals surface area (Å²) in [6, 6.07) is 13.5. The number of hydrogen-bond acceptors (Lipinski definition) is 3. The molecule has 3 N–H and O–H groups in total. The third-order valence-corrected chi connectivity index (χ3v) is 5.71. The van der Waals surface area contributed by atoms with Crippen molar-refractivity contribution < 1.29 is 9.59 Å². The van der Waals surface area contributed by atoms with E-state index in [1.165, 1.54) is 4.88 Å². The number of carbonyl (C=O) groups is 2. The summed E-state index contributed by atoms with van der Waals surface area (Å²) in [6.07, 6.45) is 4.11. The Morgan fingerprint density at radius 3 is 2.46 bits per heavy atom. The minimum absolute atomic E-state index is 0.0681. The molecule has 138 valence electrons. The van der Waals surface area contributed by atoms with Crippen LogP contribution < -0.4 is 16.0 Å². The van der Waals surface area contributed by atoms with Gasteiger partial charge in [-0.2, -0.15) is 0 Å². The molecule has 2 aromatic rings. The number of thiophene rings is 1. The second kappa shape index (κ2) is 8.85. The van der Waals surface area contributed by atoms with E-state index >= 15 is 0 Å². The Balaban J connectivity index is 1.51. The van der Waals surface area contributed by atoms with Crippen molar-refractivity contribution in [1.29, 1.82) is 0 Å². The summed E-state index contributed by atoms with van der Waals surface area (Å²) in [7, 11) is 0. The summed E-state index contributed by atoms with van der Waals surface area (Å²) in [6.45, 7) is 1.04. The highest BCUT2D eigenvalue weighted by molar-refractivity contribution is 7.09. The maximum atomic E-state index is 12.8. The number of urea groups is 1. The molecule has 0 bridgehead atoms. The molecule has 0 unspecified atom stereocenters. The van der Waals surface area contributed by atoms with Crippen LogP contribution in [0.3, 0.4) is 0 Å². The summed E-state index contributed by atoms with van der Waals surface area (Å²) < 4.78 is 0. The van der Waals surface area contributed by atoms with Crippen molar-refractivity contribution in [2.75, 3.05) is 6.54 Å². The van der Waals surface area contributed by atoms with Crippen LogP contribution in [0.4, 0.5) is 4.79 Å². The van der Waals surface area contributed by atoms with Gasteiger partial charge in [-0.15, -0.1) is 11.3 Å². The molecule has 6 heteroatoms. The predicted molar refractivity (Wildman–Crippen MR) is 104 cm³/mol. The predicted octanol–water partition coefficient (Wildman–Crippen LogP) is 3.22. The maximum absolute atomic E-state index is 12.8. The molecule has 5 nitrogen and oxygen atoms in total. The van der Waals surface area contributed by atoms with Gasteiger partial charge in [-0.1, -0.05) is 49.2 Å². The van der Waals surface area contributed by atoms with Gasteiger partial charge in [0.1, 0.15) is 5.54 Å². The zero-order chi connectivity index (χ0) is 18.2. The van der Waals surface area contributed by atoms with Crippen molar-refractivity contribution in [1.82, 2.24) is 16.0 Å². The van der Waals surface area contributed by atoms with Gasteiger partial charge in [0.2, 0.25) is 5.91 Å². The number of nitrogens with one attached hydrogen (secondary N) is 3. The molecular weight excluding hydrogens is 346 g/mol. The molecule has 1 aliphatic rings. The summed E-state index contributed by atoms with van der Waals surface area (Å²) in [4.78, 5) is 26.3. The molecule has 0 saturated heterocycles. The van der Waals surface area contributed by atoms with Crippen LogP contribution in [0.1, 0.15) is 36.1 Å². The molecular formula is C20H25N3O2S. The summed E-state index contributed by atoms with van der Waals surface area (Å²) in [5, 5.41) is 10.8. The van der Waals surface area contributed by atoms with E-state index in [1.54, 1.807) is 11.3 Å². The van der Waals surface area contributed by atoms with Gasteiger partial charge in [0.25, 0.3) is 0 Å². The second-order valence-electron chi connectivity index (χ2n) is 6.67. The lowest BCUT2D eigenvalue weighted by Crippen LogP contribution is -2.59. The zero-order valence-corrected chi connectivity index (χ0v) is 15.6. The molecule has 1 aromatic heterocycles. The van der Waals surface area contributed by atoms with Gasteiger partial charge in [0.15, 0.2) is 0 Å². The van der Waals surface area contributed by atoms with Crippen LogP contribution in [-0.4, -0.2) is 24.0 Å². The molecule has 1 heterocycles. The Bertz CT molecular complexity index is 710. The normalized spacial score (nSPS) is 15.4. The fourth-order valence-corrected chi connectivity index (χ4v) is 4.06. The average molecular weight is 372 g/mol. The third kappa shape index (κ3) is 4.85. The van der Waals surface area contributed by atoms with Crippen molar-refractivity contribution in [2.24, 2.45) is 0 Å². The minimum Gasteiger partial charge on any atom is -0.354 e. The van der Waals surface area contributed by atoms with Gasteiger partial charge >= 0.3 is 6.03 Å². The van der Waals surface area contributed by atoms with Crippen LogP contribution in [0, 0.1) is 0 Å². The SMILES string of the molecule is O=C(NCc1ccccc1)NC1(C(=O)NCCc2cccs2)CCCC1. The topological polar surface area (TPSA) is 70.2 Å². The molecule has 3 amide bonds. The summed E-state index contributed by atoms with van der Waals surface area (Å²) >= 11 is 1.69. The van der Waals surface area contributed by atoms with Gasteiger partial charge in [-0.05, 0) is 36.3 Å². The van der Waals surface area contributed by atoms with Crippen molar-refractivity contribution in [2.45, 2.75) is 44.2 Å². The lowest BCUT2D eigenvalue weighted by atomic mass is 9.96. The Morgan fingerprint density at radius 2 is 1.77 bits per heavy atom. The third-order valence-electron chi connectivity index (χ3n) is 4.78. The first-order valence-electron chi connectivity index (χ1n) is 9.09. The first-order chi connectivity index (χ1) is 12.7. The number of hydrogen-bond donors (Lipinski definition) is 3. The highest BCUT2D eigenvalue weighted by atomic mass is 32.1. The smallest absolute Gasteiger partial charge is 0.315 e. The lowest BCUT2D eigenvalue weighted by molar-refractivity contribution is -0.127. The van der Waals surface area contributed by atoms with E-state index < -0.39 is 5.54 Å². The quantitative estimate of drug-likeness (QED) is 0.699. The van der Waals surface area contributed by atoms with Gasteiger partial charge in [0.05, 0.1) is 0 Å². The molecule has 0 spiro atoms. The van der Waals surface area contributed by atoms with E-state index in [-0.39, 0.29) is 11.9 Å². The summed E-state index contributed by atoms with van der Waals surface area (Å²) in [5.74, 6) is -0.0681. The fourth-order valence-electron chi connectivity index (χ4n) is 3.35. The van der Waals surface area contributed by atoms with Crippen LogP contribution in [0.25, 0.3) is 0 Å². The lowest BCUT2D eigenvalue weighted by Gasteiger charge is -2.29. The van der Waals surface area contributed by atoms with Crippen molar-refractivity contribution in [3.8, 4) is 0 Å². The van der Waals surface area contributed by atoms with E-state index in [9.17, 15) is 9.59 Å². The van der Waals surface area contributed by atoms with Crippen LogP contribution in [0.5, 0.6) is 0 Å². The van der Waals surface area contributed by atoms with Crippen LogP contribution >= 0.6 is 11.3 Å². The van der Waals surface area contributed by atoms with Gasteiger partial charge in [-0.3, -0.25) is 4.79 Å². The van der Waals surface area contributed by atoms with Crippen LogP contribution in [-0.2, 0) is 17.8 Å². The number of benzene rings is 1. The minimum atomic E-state index is -0.782. The summed E-state index contributed by atoms with van der Waals surface area (Å²) in [5.41, 5.74) is 0.250. The molecule has 1 aliphatic carbocycles. The maximum Gasteiger partial charge on any atom is 0.315 e. The molecule has 0 aliphatic heterocycles. The molecule has 26 heavy (non-hydrogen) atoms. The van der Waals surface area contributed by atoms with Crippen molar-refractivity contribution in [3.05, 3.63) is 58.3 Å². The number of amides is 3. The van der Waals surface area contributed by atoms with Gasteiger partial charge in [0, 0.05) is 18.0 Å². The molecule has 0 radical (unpaired) electrons. The van der Waals surface area contributed by atoms with E-state index in [1.807, 2.05) is 41.8 Å². The monoisotopic (exact) mass is 371 g/mol. The van der Waals surface area contributed by atoms with E-state index in [2.05, 4.69) is 22.0 Å². The second-order valence-corrected chi connectivity index (χ2v) is 7.70. The highest BCUT2D eigenvalue weighted by Crippen LogP contribution is 2.30. The molecule has 1 fully saturated rings.